The van der Waals surface area contributed by atoms with Gasteiger partial charge in [-0.1, -0.05) is 12.1 Å². The fourth-order valence-electron chi connectivity index (χ4n) is 1.42. The number of hydrogen-bond donors (Lipinski definition) is 0. The Kier molecular flexibility index (Phi) is 4.65. The van der Waals surface area contributed by atoms with Crippen LogP contribution in [0.15, 0.2) is 54.8 Å². The summed E-state index contributed by atoms with van der Waals surface area (Å²) in [7, 11) is 0. The maximum Gasteiger partial charge on any atom is 0.278 e. The summed E-state index contributed by atoms with van der Waals surface area (Å²) in [5, 5.41) is 0. The van der Waals surface area contributed by atoms with Gasteiger partial charge in [0.05, 0.1) is 20.2 Å². The predicted molar refractivity (Wildman–Crippen MR) is 84.9 cm³/mol. The Morgan fingerprint density at radius 1 is 1.00 bits per heavy atom. The number of carbonyl (C=O) groups is 2. The van der Waals surface area contributed by atoms with Crippen molar-refractivity contribution in [3.05, 3.63) is 55.4 Å². The van der Waals surface area contributed by atoms with E-state index < -0.39 is 0 Å². The van der Waals surface area contributed by atoms with E-state index in [9.17, 15) is 9.59 Å². The van der Waals surface area contributed by atoms with Crippen molar-refractivity contribution in [3.8, 4) is 0 Å². The highest BCUT2D eigenvalue weighted by Gasteiger charge is 2.17. The van der Waals surface area contributed by atoms with E-state index >= 15 is 0 Å². The molecule has 19 heavy (non-hydrogen) atoms. The van der Waals surface area contributed by atoms with Crippen LogP contribution in [-0.2, 0) is 4.79 Å². The maximum atomic E-state index is 12.0. The molecule has 1 amide bonds. The van der Waals surface area contributed by atoms with Crippen LogP contribution in [0.2, 0.25) is 0 Å². The summed E-state index contributed by atoms with van der Waals surface area (Å²) in [4.78, 5) is 27.5. The zero-order valence-electron chi connectivity index (χ0n) is 9.36. The Balaban J connectivity index is 2.36. The molecule has 0 unspecified atom stereocenters. The van der Waals surface area contributed by atoms with E-state index in [0.717, 1.165) is 0 Å². The van der Waals surface area contributed by atoms with Gasteiger partial charge in [0.2, 0.25) is 5.78 Å². The lowest BCUT2D eigenvalue weighted by atomic mass is 10.1. The Morgan fingerprint density at radius 2 is 1.58 bits per heavy atom. The third kappa shape index (κ3) is 3.38. The number of carbonyl (C=O) groups excluding carboxylic acids is 2. The van der Waals surface area contributed by atoms with Crippen molar-refractivity contribution < 1.29 is 9.59 Å². The van der Waals surface area contributed by atoms with Crippen molar-refractivity contribution in [3.63, 3.8) is 0 Å². The fourth-order valence-corrected chi connectivity index (χ4v) is 3.04. The predicted octanol–water partition coefficient (Wildman–Crippen LogP) is 4.17. The lowest BCUT2D eigenvalue weighted by Crippen LogP contribution is -2.09. The topological polar surface area (TPSA) is 46.5 Å². The van der Waals surface area contributed by atoms with Gasteiger partial charge in [0.15, 0.2) is 0 Å². The SMILES string of the molecule is O=C1C(Br)=CC(=NC(=O)c2ccccc2Br)C=C1Br. The molecule has 1 aliphatic rings. The molecule has 96 valence electrons. The Bertz CT molecular complexity index is 636. The summed E-state index contributed by atoms with van der Waals surface area (Å²) in [6.07, 6.45) is 3.03. The normalized spacial score (nSPS) is 14.9. The average molecular weight is 448 g/mol. The minimum absolute atomic E-state index is 0.174. The van der Waals surface area contributed by atoms with Gasteiger partial charge in [-0.3, -0.25) is 9.59 Å². The smallest absolute Gasteiger partial charge is 0.278 e. The molecule has 0 radical (unpaired) electrons. The quantitative estimate of drug-likeness (QED) is 0.606. The van der Waals surface area contributed by atoms with Gasteiger partial charge in [0, 0.05) is 4.47 Å². The summed E-state index contributed by atoms with van der Waals surface area (Å²) < 4.78 is 1.41. The summed E-state index contributed by atoms with van der Waals surface area (Å²) in [5.41, 5.74) is 0.889. The third-order valence-corrected chi connectivity index (χ3v) is 4.19. The van der Waals surface area contributed by atoms with E-state index in [4.69, 9.17) is 0 Å². The first-order valence-electron chi connectivity index (χ1n) is 5.15. The van der Waals surface area contributed by atoms with Crippen molar-refractivity contribution >= 4 is 65.2 Å². The number of Topliss-reactive ketones (excluding diaryl/α,β-unsaturated/α-hetero) is 1. The molecule has 0 saturated carbocycles. The fraction of sp³-hybridized carbons (Fsp3) is 0. The number of allylic oxidation sites excluding steroid dienone is 4. The third-order valence-electron chi connectivity index (χ3n) is 2.32. The van der Waals surface area contributed by atoms with Crippen LogP contribution in [0.25, 0.3) is 0 Å². The Labute approximate surface area is 134 Å². The number of hydrogen-bond acceptors (Lipinski definition) is 2. The van der Waals surface area contributed by atoms with Gasteiger partial charge < -0.3 is 0 Å². The monoisotopic (exact) mass is 445 g/mol. The van der Waals surface area contributed by atoms with Crippen LogP contribution in [0, 0.1) is 0 Å². The molecular weight excluding hydrogens is 442 g/mol. The number of amides is 1. The summed E-state index contributed by atoms with van der Waals surface area (Å²) in [6, 6.07) is 7.04. The van der Waals surface area contributed by atoms with E-state index in [2.05, 4.69) is 52.8 Å². The molecule has 0 fully saturated rings. The second-order valence-corrected chi connectivity index (χ2v) is 6.20. The number of rotatable bonds is 1. The molecule has 6 heteroatoms. The zero-order valence-corrected chi connectivity index (χ0v) is 14.1. The van der Waals surface area contributed by atoms with Crippen molar-refractivity contribution in [2.75, 3.05) is 0 Å². The molecule has 0 bridgehead atoms. The first kappa shape index (κ1) is 14.6. The van der Waals surface area contributed by atoms with Crippen molar-refractivity contribution in [1.82, 2.24) is 0 Å². The van der Waals surface area contributed by atoms with Crippen molar-refractivity contribution in [1.29, 1.82) is 0 Å². The van der Waals surface area contributed by atoms with E-state index in [1.807, 2.05) is 6.07 Å². The maximum absolute atomic E-state index is 12.0. The zero-order chi connectivity index (χ0) is 14.0. The molecule has 0 aliphatic heterocycles. The lowest BCUT2D eigenvalue weighted by Gasteiger charge is -2.06. The number of nitrogens with zero attached hydrogens (tertiary/aromatic N) is 1. The molecule has 0 aromatic heterocycles. The van der Waals surface area contributed by atoms with Crippen LogP contribution in [0.5, 0.6) is 0 Å². The van der Waals surface area contributed by atoms with E-state index in [-0.39, 0.29) is 11.7 Å². The van der Waals surface area contributed by atoms with Crippen molar-refractivity contribution in [2.24, 2.45) is 4.99 Å². The molecule has 1 aromatic carbocycles. The van der Waals surface area contributed by atoms with Crippen LogP contribution < -0.4 is 0 Å². The standard InChI is InChI=1S/C13H6Br3NO2/c14-9-4-2-1-3-8(9)13(19)17-7-5-10(15)12(18)11(16)6-7/h1-6H. The molecule has 0 atom stereocenters. The van der Waals surface area contributed by atoms with E-state index in [1.54, 1.807) is 18.2 Å². The van der Waals surface area contributed by atoms with Crippen molar-refractivity contribution in [2.45, 2.75) is 0 Å². The van der Waals surface area contributed by atoms with Crippen LogP contribution in [-0.4, -0.2) is 17.4 Å². The van der Waals surface area contributed by atoms with Gasteiger partial charge in [-0.05, 0) is 72.1 Å². The van der Waals surface area contributed by atoms with Gasteiger partial charge in [-0.2, -0.15) is 0 Å². The van der Waals surface area contributed by atoms with Crippen LogP contribution >= 0.6 is 47.8 Å². The first-order chi connectivity index (χ1) is 8.99. The molecule has 2 rings (SSSR count). The van der Waals surface area contributed by atoms with Gasteiger partial charge in [-0.25, -0.2) is 4.99 Å². The van der Waals surface area contributed by atoms with Gasteiger partial charge in [0.25, 0.3) is 5.91 Å². The number of aliphatic imine (C=N–C) groups is 1. The Morgan fingerprint density at radius 3 is 2.16 bits per heavy atom. The molecule has 0 saturated heterocycles. The van der Waals surface area contributed by atoms with Crippen LogP contribution in [0.1, 0.15) is 10.4 Å². The second-order valence-electron chi connectivity index (χ2n) is 3.64. The highest BCUT2D eigenvalue weighted by Crippen LogP contribution is 2.23. The molecule has 0 N–H and O–H groups in total. The molecule has 1 aliphatic carbocycles. The summed E-state index contributed by atoms with van der Waals surface area (Å²) in [6.45, 7) is 0. The first-order valence-corrected chi connectivity index (χ1v) is 7.53. The van der Waals surface area contributed by atoms with Gasteiger partial charge in [0.1, 0.15) is 0 Å². The molecule has 3 nitrogen and oxygen atoms in total. The van der Waals surface area contributed by atoms with Gasteiger partial charge >= 0.3 is 0 Å². The number of ketones is 1. The largest absolute Gasteiger partial charge is 0.287 e. The van der Waals surface area contributed by atoms with E-state index in [0.29, 0.717) is 24.7 Å². The molecule has 1 aromatic rings. The average Bonchev–Trinajstić information content (AvgIpc) is 2.36. The summed E-state index contributed by atoms with van der Waals surface area (Å²) >= 11 is 9.57. The molecular formula is C13H6Br3NO2. The van der Waals surface area contributed by atoms with E-state index in [1.165, 1.54) is 12.2 Å². The summed E-state index contributed by atoms with van der Waals surface area (Å²) in [5.74, 6) is -0.544. The van der Waals surface area contributed by atoms with Gasteiger partial charge in [-0.15, -0.1) is 0 Å². The minimum atomic E-state index is -0.370. The Hall–Kier alpha value is -0.850. The molecule has 0 spiro atoms. The minimum Gasteiger partial charge on any atom is -0.287 e. The van der Waals surface area contributed by atoms with Crippen LogP contribution in [0.4, 0.5) is 0 Å². The highest BCUT2D eigenvalue weighted by atomic mass is 79.9. The number of benzene rings is 1. The molecule has 0 heterocycles. The highest BCUT2D eigenvalue weighted by molar-refractivity contribution is 9.13. The van der Waals surface area contributed by atoms with Crippen LogP contribution in [0.3, 0.4) is 0 Å². The number of halogens is 3. The lowest BCUT2D eigenvalue weighted by molar-refractivity contribution is -0.110. The second kappa shape index (κ2) is 6.07.